The van der Waals surface area contributed by atoms with Crippen LogP contribution in [-0.4, -0.2) is 17.8 Å². The molecule has 0 fully saturated rings. The van der Waals surface area contributed by atoms with E-state index in [0.29, 0.717) is 0 Å². The Hall–Kier alpha value is -1.25. The molecule has 1 N–H and O–H groups in total. The van der Waals surface area contributed by atoms with Gasteiger partial charge < -0.3 is 9.88 Å². The first-order valence-electron chi connectivity index (χ1n) is 4.15. The van der Waals surface area contributed by atoms with Crippen LogP contribution >= 0.6 is 0 Å². The lowest BCUT2D eigenvalue weighted by Crippen LogP contribution is -1.88. The third-order valence-corrected chi connectivity index (χ3v) is 1.71. The summed E-state index contributed by atoms with van der Waals surface area (Å²) in [6.07, 6.45) is 4.87. The van der Waals surface area contributed by atoms with Gasteiger partial charge in [0.15, 0.2) is 5.82 Å². The van der Waals surface area contributed by atoms with Crippen molar-refractivity contribution in [3.8, 4) is 0 Å². The van der Waals surface area contributed by atoms with E-state index in [9.17, 15) is 0 Å². The second-order valence-corrected chi connectivity index (χ2v) is 2.63. The highest BCUT2D eigenvalue weighted by molar-refractivity contribution is 5.70. The van der Waals surface area contributed by atoms with Crippen molar-refractivity contribution in [2.45, 2.75) is 13.3 Å². The van der Waals surface area contributed by atoms with Crippen molar-refractivity contribution >= 4 is 17.7 Å². The van der Waals surface area contributed by atoms with E-state index in [2.05, 4.69) is 17.2 Å². The summed E-state index contributed by atoms with van der Waals surface area (Å²) in [7, 11) is 3.89. The number of rotatable bonds is 3. The van der Waals surface area contributed by atoms with Crippen LogP contribution in [0.25, 0.3) is 0 Å². The Kier molecular flexibility index (Phi) is 2.91. The highest BCUT2D eigenvalue weighted by atomic mass is 15.1. The molecule has 0 bridgehead atoms. The van der Waals surface area contributed by atoms with Gasteiger partial charge in [0.05, 0.1) is 5.69 Å². The molecule has 0 spiro atoms. The average Bonchev–Trinajstić information content (AvgIpc) is 2.43. The molecule has 0 unspecified atom stereocenters. The van der Waals surface area contributed by atoms with Gasteiger partial charge in [0.2, 0.25) is 0 Å². The molecule has 1 heterocycles. The molecule has 12 heavy (non-hydrogen) atoms. The lowest BCUT2D eigenvalue weighted by molar-refractivity contribution is 0.926. The number of aromatic nitrogens is 1. The summed E-state index contributed by atoms with van der Waals surface area (Å²) in [5, 5.41) is 3.09. The van der Waals surface area contributed by atoms with Crippen molar-refractivity contribution in [2.24, 2.45) is 12.0 Å². The Morgan fingerprint density at radius 2 is 2.42 bits per heavy atom. The van der Waals surface area contributed by atoms with Gasteiger partial charge in [-0.25, -0.2) is 4.99 Å². The first kappa shape index (κ1) is 8.84. The molecule has 1 rings (SSSR count). The molecule has 0 aliphatic rings. The maximum atomic E-state index is 4.33. The number of hydrogen-bond donors (Lipinski definition) is 1. The lowest BCUT2D eigenvalue weighted by Gasteiger charge is -2.00. The van der Waals surface area contributed by atoms with Gasteiger partial charge in [-0.05, 0) is 12.5 Å². The van der Waals surface area contributed by atoms with Crippen molar-refractivity contribution in [3.63, 3.8) is 0 Å². The second-order valence-electron chi connectivity index (χ2n) is 2.63. The van der Waals surface area contributed by atoms with Gasteiger partial charge in [0.25, 0.3) is 0 Å². The fourth-order valence-electron chi connectivity index (χ4n) is 1.05. The molecule has 0 amide bonds. The van der Waals surface area contributed by atoms with Gasteiger partial charge in [0, 0.05) is 26.5 Å². The molecule has 3 heteroatoms. The fourth-order valence-corrected chi connectivity index (χ4v) is 1.05. The van der Waals surface area contributed by atoms with Crippen molar-refractivity contribution in [2.75, 3.05) is 12.4 Å². The Morgan fingerprint density at radius 1 is 1.67 bits per heavy atom. The summed E-state index contributed by atoms with van der Waals surface area (Å²) < 4.78 is 2.00. The van der Waals surface area contributed by atoms with E-state index < -0.39 is 0 Å². The molecule has 0 saturated carbocycles. The number of nitrogens with zero attached hydrogens (tertiary/aromatic N) is 2. The van der Waals surface area contributed by atoms with Crippen LogP contribution in [0.1, 0.15) is 13.3 Å². The van der Waals surface area contributed by atoms with Crippen LogP contribution in [0.3, 0.4) is 0 Å². The molecule has 0 radical (unpaired) electrons. The van der Waals surface area contributed by atoms with Gasteiger partial charge in [-0.1, -0.05) is 6.92 Å². The lowest BCUT2D eigenvalue weighted by atomic mass is 10.5. The van der Waals surface area contributed by atoms with E-state index in [0.717, 1.165) is 17.9 Å². The molecule has 66 valence electrons. The SMILES string of the molecule is CC/C=N\c1c(NC)ccn1C. The molecule has 0 aliphatic heterocycles. The minimum absolute atomic E-state index is 0.967. The Morgan fingerprint density at radius 3 is 3.00 bits per heavy atom. The summed E-state index contributed by atoms with van der Waals surface area (Å²) in [6.45, 7) is 2.07. The van der Waals surface area contributed by atoms with Crippen LogP contribution in [0.4, 0.5) is 11.5 Å². The Balaban J connectivity index is 2.94. The highest BCUT2D eigenvalue weighted by Gasteiger charge is 2.01. The van der Waals surface area contributed by atoms with E-state index in [1.807, 2.05) is 37.1 Å². The van der Waals surface area contributed by atoms with Gasteiger partial charge in [-0.2, -0.15) is 0 Å². The first-order valence-corrected chi connectivity index (χ1v) is 4.15. The molecule has 0 atom stereocenters. The number of aryl methyl sites for hydroxylation is 1. The highest BCUT2D eigenvalue weighted by Crippen LogP contribution is 2.24. The van der Waals surface area contributed by atoms with E-state index in [4.69, 9.17) is 0 Å². The molecule has 1 aromatic heterocycles. The van der Waals surface area contributed by atoms with Crippen LogP contribution in [0.5, 0.6) is 0 Å². The zero-order valence-corrected chi connectivity index (χ0v) is 7.83. The zero-order chi connectivity index (χ0) is 8.97. The molecular formula is C9H15N3. The third kappa shape index (κ3) is 1.67. The van der Waals surface area contributed by atoms with Gasteiger partial charge in [-0.3, -0.25) is 0 Å². The van der Waals surface area contributed by atoms with Crippen molar-refractivity contribution in [1.29, 1.82) is 0 Å². The summed E-state index contributed by atoms with van der Waals surface area (Å²) in [4.78, 5) is 4.33. The van der Waals surface area contributed by atoms with Crippen molar-refractivity contribution in [3.05, 3.63) is 12.3 Å². The minimum atomic E-state index is 0.967. The van der Waals surface area contributed by atoms with Gasteiger partial charge >= 0.3 is 0 Å². The molecule has 0 aromatic carbocycles. The third-order valence-electron chi connectivity index (χ3n) is 1.71. The van der Waals surface area contributed by atoms with Crippen LogP contribution in [0.2, 0.25) is 0 Å². The summed E-state index contributed by atoms with van der Waals surface area (Å²) in [5.41, 5.74) is 1.07. The summed E-state index contributed by atoms with van der Waals surface area (Å²) >= 11 is 0. The zero-order valence-electron chi connectivity index (χ0n) is 7.83. The largest absolute Gasteiger partial charge is 0.385 e. The van der Waals surface area contributed by atoms with Crippen LogP contribution in [-0.2, 0) is 7.05 Å². The quantitative estimate of drug-likeness (QED) is 0.683. The van der Waals surface area contributed by atoms with Crippen molar-refractivity contribution < 1.29 is 0 Å². The minimum Gasteiger partial charge on any atom is -0.385 e. The topological polar surface area (TPSA) is 29.3 Å². The number of anilines is 1. The smallest absolute Gasteiger partial charge is 0.155 e. The molecular weight excluding hydrogens is 150 g/mol. The summed E-state index contributed by atoms with van der Waals surface area (Å²) in [6, 6.07) is 2.02. The Labute approximate surface area is 73.1 Å². The normalized spacial score (nSPS) is 10.9. The number of aliphatic imine (C=N–C) groups is 1. The fraction of sp³-hybridized carbons (Fsp3) is 0.444. The molecule has 1 aromatic rings. The monoisotopic (exact) mass is 165 g/mol. The second kappa shape index (κ2) is 3.95. The van der Waals surface area contributed by atoms with Crippen LogP contribution in [0.15, 0.2) is 17.3 Å². The van der Waals surface area contributed by atoms with Gasteiger partial charge in [-0.15, -0.1) is 0 Å². The predicted molar refractivity (Wildman–Crippen MR) is 53.4 cm³/mol. The van der Waals surface area contributed by atoms with E-state index in [-0.39, 0.29) is 0 Å². The summed E-state index contributed by atoms with van der Waals surface area (Å²) in [5.74, 6) is 0.986. The van der Waals surface area contributed by atoms with E-state index >= 15 is 0 Å². The first-order chi connectivity index (χ1) is 5.79. The van der Waals surface area contributed by atoms with Crippen molar-refractivity contribution in [1.82, 2.24) is 4.57 Å². The average molecular weight is 165 g/mol. The molecule has 0 aliphatic carbocycles. The number of hydrogen-bond acceptors (Lipinski definition) is 2. The maximum absolute atomic E-state index is 4.33. The van der Waals surface area contributed by atoms with Crippen LogP contribution < -0.4 is 5.32 Å². The van der Waals surface area contributed by atoms with E-state index in [1.54, 1.807) is 0 Å². The van der Waals surface area contributed by atoms with E-state index in [1.165, 1.54) is 0 Å². The predicted octanol–water partition coefficient (Wildman–Crippen LogP) is 2.18. The molecule has 0 saturated heterocycles. The maximum Gasteiger partial charge on any atom is 0.155 e. The standard InChI is InChI=1S/C9H15N3/c1-4-6-11-9-8(10-2)5-7-12(9)3/h5-7,10H,4H2,1-3H3/b11-6-. The van der Waals surface area contributed by atoms with Gasteiger partial charge in [0.1, 0.15) is 0 Å². The Bertz CT molecular complexity index is 273. The molecule has 3 nitrogen and oxygen atoms in total. The van der Waals surface area contributed by atoms with Crippen LogP contribution in [0, 0.1) is 0 Å². The number of nitrogens with one attached hydrogen (secondary N) is 1.